The van der Waals surface area contributed by atoms with Gasteiger partial charge in [-0.2, -0.15) is 5.10 Å². The van der Waals surface area contributed by atoms with Gasteiger partial charge >= 0.3 is 0 Å². The SMILES string of the molecule is Cc1[nH]ncc1-c1cc2nc(C3CCNC3)[nH]c(=O)c2s1.Cl.Cl. The molecule has 3 N–H and O–H groups in total. The Hall–Kier alpha value is -1.41. The Morgan fingerprint density at radius 1 is 1.35 bits per heavy atom. The Bertz CT molecular complexity index is 866. The van der Waals surface area contributed by atoms with Gasteiger partial charge in [0.05, 0.1) is 11.7 Å². The molecule has 0 saturated carbocycles. The normalized spacial score (nSPS) is 17.0. The van der Waals surface area contributed by atoms with Crippen LogP contribution in [0, 0.1) is 6.92 Å². The molecule has 124 valence electrons. The number of nitrogens with one attached hydrogen (secondary N) is 3. The lowest BCUT2D eigenvalue weighted by atomic mass is 10.1. The van der Waals surface area contributed by atoms with Crippen LogP contribution in [-0.2, 0) is 0 Å². The number of nitrogens with zero attached hydrogens (tertiary/aromatic N) is 2. The van der Waals surface area contributed by atoms with E-state index >= 15 is 0 Å². The molecule has 0 aliphatic carbocycles. The maximum atomic E-state index is 12.3. The molecule has 6 nitrogen and oxygen atoms in total. The van der Waals surface area contributed by atoms with Gasteiger partial charge in [-0.25, -0.2) is 4.98 Å². The average Bonchev–Trinajstić information content (AvgIpc) is 3.17. The van der Waals surface area contributed by atoms with Crippen molar-refractivity contribution in [3.8, 4) is 10.4 Å². The van der Waals surface area contributed by atoms with Crippen molar-refractivity contribution in [1.29, 1.82) is 0 Å². The summed E-state index contributed by atoms with van der Waals surface area (Å²) in [6, 6.07) is 1.99. The topological polar surface area (TPSA) is 86.5 Å². The van der Waals surface area contributed by atoms with Crippen LogP contribution in [0.2, 0.25) is 0 Å². The van der Waals surface area contributed by atoms with Crippen LogP contribution in [0.25, 0.3) is 20.7 Å². The largest absolute Gasteiger partial charge is 0.316 e. The third kappa shape index (κ3) is 3.14. The highest BCUT2D eigenvalue weighted by Crippen LogP contribution is 2.32. The molecule has 1 saturated heterocycles. The van der Waals surface area contributed by atoms with Crippen LogP contribution in [0.1, 0.15) is 23.9 Å². The summed E-state index contributed by atoms with van der Waals surface area (Å²) in [7, 11) is 0. The third-order valence-electron chi connectivity index (χ3n) is 3.94. The summed E-state index contributed by atoms with van der Waals surface area (Å²) in [6.07, 6.45) is 2.81. The number of hydrogen-bond acceptors (Lipinski definition) is 5. The van der Waals surface area contributed by atoms with Crippen molar-refractivity contribution in [3.63, 3.8) is 0 Å². The number of hydrogen-bond donors (Lipinski definition) is 3. The van der Waals surface area contributed by atoms with Gasteiger partial charge in [0, 0.05) is 28.6 Å². The molecule has 3 aromatic heterocycles. The van der Waals surface area contributed by atoms with E-state index in [1.807, 2.05) is 13.0 Å². The van der Waals surface area contributed by atoms with E-state index in [2.05, 4.69) is 25.5 Å². The molecule has 0 spiro atoms. The third-order valence-corrected chi connectivity index (χ3v) is 5.10. The number of aryl methyl sites for hydroxylation is 1. The van der Waals surface area contributed by atoms with E-state index in [0.29, 0.717) is 10.6 Å². The van der Waals surface area contributed by atoms with E-state index in [9.17, 15) is 4.79 Å². The van der Waals surface area contributed by atoms with Crippen molar-refractivity contribution in [2.45, 2.75) is 19.3 Å². The van der Waals surface area contributed by atoms with Gasteiger partial charge in [-0.05, 0) is 26.0 Å². The van der Waals surface area contributed by atoms with E-state index < -0.39 is 0 Å². The molecular weight excluding hydrogens is 357 g/mol. The van der Waals surface area contributed by atoms with E-state index in [4.69, 9.17) is 0 Å². The van der Waals surface area contributed by atoms with Crippen molar-refractivity contribution in [3.05, 3.63) is 34.1 Å². The first kappa shape index (κ1) is 17.9. The molecule has 0 amide bonds. The summed E-state index contributed by atoms with van der Waals surface area (Å²) < 4.78 is 0.681. The molecule has 9 heteroatoms. The van der Waals surface area contributed by atoms with Gasteiger partial charge in [-0.3, -0.25) is 9.89 Å². The maximum absolute atomic E-state index is 12.3. The van der Waals surface area contributed by atoms with Crippen molar-refractivity contribution in [1.82, 2.24) is 25.5 Å². The number of aromatic amines is 2. The van der Waals surface area contributed by atoms with Crippen molar-refractivity contribution < 1.29 is 0 Å². The van der Waals surface area contributed by atoms with Gasteiger partial charge < -0.3 is 10.3 Å². The number of halogens is 2. The minimum Gasteiger partial charge on any atom is -0.316 e. The lowest BCUT2D eigenvalue weighted by Crippen LogP contribution is -2.15. The Morgan fingerprint density at radius 3 is 2.83 bits per heavy atom. The Morgan fingerprint density at radius 2 is 2.17 bits per heavy atom. The molecule has 1 atom stereocenters. The molecule has 0 aromatic carbocycles. The molecule has 4 heterocycles. The molecule has 4 rings (SSSR count). The van der Waals surface area contributed by atoms with Gasteiger partial charge in [0.1, 0.15) is 10.5 Å². The first-order valence-electron chi connectivity index (χ1n) is 6.97. The zero-order chi connectivity index (χ0) is 14.4. The highest BCUT2D eigenvalue weighted by molar-refractivity contribution is 7.22. The lowest BCUT2D eigenvalue weighted by Gasteiger charge is -2.06. The van der Waals surface area contributed by atoms with Crippen LogP contribution < -0.4 is 10.9 Å². The summed E-state index contributed by atoms with van der Waals surface area (Å²) in [5.41, 5.74) is 2.76. The van der Waals surface area contributed by atoms with Crippen LogP contribution in [0.5, 0.6) is 0 Å². The van der Waals surface area contributed by atoms with Crippen molar-refractivity contribution in [2.24, 2.45) is 0 Å². The second kappa shape index (κ2) is 7.00. The number of thiophene rings is 1. The van der Waals surface area contributed by atoms with Crippen molar-refractivity contribution >= 4 is 46.4 Å². The molecule has 1 aliphatic heterocycles. The molecule has 1 unspecified atom stereocenters. The second-order valence-electron chi connectivity index (χ2n) is 5.37. The standard InChI is InChI=1S/C14H15N5OS.2ClH/c1-7-9(6-16-19-7)11-4-10-12(21-11)14(20)18-13(17-10)8-2-3-15-5-8;;/h4,6,8,15H,2-3,5H2,1H3,(H,16,19)(H,17,18,20);2*1H. The van der Waals surface area contributed by atoms with E-state index in [1.54, 1.807) is 6.20 Å². The van der Waals surface area contributed by atoms with Gasteiger partial charge in [-0.15, -0.1) is 36.2 Å². The predicted molar refractivity (Wildman–Crippen MR) is 97.3 cm³/mol. The summed E-state index contributed by atoms with van der Waals surface area (Å²) in [4.78, 5) is 20.9. The Kier molecular flexibility index (Phi) is 5.46. The molecule has 0 radical (unpaired) electrons. The summed E-state index contributed by atoms with van der Waals surface area (Å²) in [6.45, 7) is 3.84. The van der Waals surface area contributed by atoms with Crippen LogP contribution in [0.4, 0.5) is 0 Å². The van der Waals surface area contributed by atoms with Gasteiger partial charge in [0.15, 0.2) is 0 Å². The predicted octanol–water partition coefficient (Wildman–Crippen LogP) is 2.60. The van der Waals surface area contributed by atoms with Gasteiger partial charge in [-0.1, -0.05) is 0 Å². The van der Waals surface area contributed by atoms with E-state index in [1.165, 1.54) is 11.3 Å². The molecule has 1 aliphatic rings. The molecule has 3 aromatic rings. The molecular formula is C14H17Cl2N5OS. The molecule has 0 bridgehead atoms. The maximum Gasteiger partial charge on any atom is 0.268 e. The summed E-state index contributed by atoms with van der Waals surface area (Å²) in [5.74, 6) is 1.10. The minimum atomic E-state index is -0.0423. The fourth-order valence-corrected chi connectivity index (χ4v) is 3.83. The summed E-state index contributed by atoms with van der Waals surface area (Å²) >= 11 is 1.47. The minimum absolute atomic E-state index is 0. The fourth-order valence-electron chi connectivity index (χ4n) is 2.77. The number of H-pyrrole nitrogens is 2. The first-order valence-corrected chi connectivity index (χ1v) is 7.79. The Balaban J connectivity index is 0.000000960. The highest BCUT2D eigenvalue weighted by Gasteiger charge is 2.21. The number of fused-ring (bicyclic) bond motifs is 1. The number of rotatable bonds is 2. The van der Waals surface area contributed by atoms with E-state index in [0.717, 1.165) is 47.0 Å². The summed E-state index contributed by atoms with van der Waals surface area (Å²) in [5, 5.41) is 10.3. The lowest BCUT2D eigenvalue weighted by molar-refractivity contribution is 0.703. The van der Waals surface area contributed by atoms with Crippen LogP contribution in [0.3, 0.4) is 0 Å². The Labute approximate surface area is 148 Å². The fraction of sp³-hybridized carbons (Fsp3) is 0.357. The average molecular weight is 374 g/mol. The van der Waals surface area contributed by atoms with Gasteiger partial charge in [0.2, 0.25) is 0 Å². The monoisotopic (exact) mass is 373 g/mol. The van der Waals surface area contributed by atoms with Crippen LogP contribution in [-0.4, -0.2) is 33.3 Å². The zero-order valence-electron chi connectivity index (χ0n) is 12.4. The zero-order valence-corrected chi connectivity index (χ0v) is 14.8. The second-order valence-corrected chi connectivity index (χ2v) is 6.43. The van der Waals surface area contributed by atoms with Crippen molar-refractivity contribution in [2.75, 3.05) is 13.1 Å². The van der Waals surface area contributed by atoms with Crippen LogP contribution in [0.15, 0.2) is 17.1 Å². The quantitative estimate of drug-likeness (QED) is 0.644. The van der Waals surface area contributed by atoms with Crippen LogP contribution >= 0.6 is 36.2 Å². The van der Waals surface area contributed by atoms with E-state index in [-0.39, 0.29) is 30.4 Å². The smallest absolute Gasteiger partial charge is 0.268 e. The number of aromatic nitrogens is 4. The van der Waals surface area contributed by atoms with Gasteiger partial charge in [0.25, 0.3) is 5.56 Å². The highest BCUT2D eigenvalue weighted by atomic mass is 35.5. The molecule has 23 heavy (non-hydrogen) atoms. The first-order chi connectivity index (χ1) is 10.2. The molecule has 1 fully saturated rings.